The molecule has 0 atom stereocenters. The van der Waals surface area contributed by atoms with Crippen LogP contribution in [0.15, 0.2) is 60.7 Å². The summed E-state index contributed by atoms with van der Waals surface area (Å²) in [6.07, 6.45) is 1.06. The van der Waals surface area contributed by atoms with Crippen molar-refractivity contribution in [2.24, 2.45) is 0 Å². The van der Waals surface area contributed by atoms with Crippen LogP contribution in [0, 0.1) is 5.82 Å². The molecule has 3 rings (SSSR count). The number of anilines is 1. The van der Waals surface area contributed by atoms with Crippen LogP contribution in [0.4, 0.5) is 10.1 Å². The second-order valence-corrected chi connectivity index (χ2v) is 7.85. The van der Waals surface area contributed by atoms with E-state index in [4.69, 9.17) is 11.6 Å². The van der Waals surface area contributed by atoms with Crippen LogP contribution in [0.2, 0.25) is 5.02 Å². The van der Waals surface area contributed by atoms with E-state index in [0.29, 0.717) is 0 Å². The summed E-state index contributed by atoms with van der Waals surface area (Å²) in [7, 11) is -3.67. The number of halogens is 2. The van der Waals surface area contributed by atoms with Gasteiger partial charge in [-0.25, -0.2) is 12.8 Å². The van der Waals surface area contributed by atoms with Gasteiger partial charge in [-0.3, -0.25) is 4.31 Å². The van der Waals surface area contributed by atoms with Crippen LogP contribution in [0.3, 0.4) is 0 Å². The van der Waals surface area contributed by atoms with Crippen molar-refractivity contribution in [3.05, 3.63) is 77.1 Å². The number of hydrogen-bond donors (Lipinski definition) is 0. The van der Waals surface area contributed by atoms with Gasteiger partial charge in [0.1, 0.15) is 5.82 Å². The number of fused-ring (bicyclic) bond motifs is 1. The van der Waals surface area contributed by atoms with Crippen LogP contribution in [-0.2, 0) is 16.6 Å². The molecule has 0 spiro atoms. The first kappa shape index (κ1) is 16.7. The van der Waals surface area contributed by atoms with Gasteiger partial charge >= 0.3 is 0 Å². The molecule has 0 aliphatic heterocycles. The van der Waals surface area contributed by atoms with Gasteiger partial charge in [0.05, 0.1) is 18.5 Å². The highest BCUT2D eigenvalue weighted by atomic mass is 35.5. The smallest absolute Gasteiger partial charge is 0.232 e. The topological polar surface area (TPSA) is 37.4 Å². The van der Waals surface area contributed by atoms with E-state index < -0.39 is 15.8 Å². The molecule has 0 bridgehead atoms. The molecule has 0 aliphatic rings. The molecular formula is C18H15ClFNO2S. The molecule has 0 amide bonds. The molecule has 0 fully saturated rings. The normalized spacial score (nSPS) is 11.6. The molecule has 0 saturated carbocycles. The molecular weight excluding hydrogens is 349 g/mol. The predicted molar refractivity (Wildman–Crippen MR) is 96.4 cm³/mol. The average molecular weight is 364 g/mol. The van der Waals surface area contributed by atoms with Crippen LogP contribution in [0.25, 0.3) is 10.8 Å². The molecule has 0 radical (unpaired) electrons. The second kappa shape index (κ2) is 6.42. The lowest BCUT2D eigenvalue weighted by molar-refractivity contribution is 0.590. The fourth-order valence-corrected chi connectivity index (χ4v) is 3.69. The molecule has 0 aromatic heterocycles. The second-order valence-electron chi connectivity index (χ2n) is 5.50. The predicted octanol–water partition coefficient (Wildman–Crippen LogP) is 4.60. The molecule has 3 aromatic carbocycles. The van der Waals surface area contributed by atoms with Gasteiger partial charge in [-0.05, 0) is 34.5 Å². The first-order valence-electron chi connectivity index (χ1n) is 7.25. The van der Waals surface area contributed by atoms with E-state index in [-0.39, 0.29) is 17.3 Å². The van der Waals surface area contributed by atoms with Crippen molar-refractivity contribution in [2.75, 3.05) is 10.6 Å². The minimum absolute atomic E-state index is 0.0187. The Labute approximate surface area is 145 Å². The van der Waals surface area contributed by atoms with Crippen LogP contribution in [-0.4, -0.2) is 14.7 Å². The minimum Gasteiger partial charge on any atom is -0.263 e. The largest absolute Gasteiger partial charge is 0.263 e. The van der Waals surface area contributed by atoms with E-state index in [1.54, 1.807) is 0 Å². The van der Waals surface area contributed by atoms with Gasteiger partial charge in [-0.15, -0.1) is 0 Å². The van der Waals surface area contributed by atoms with Crippen molar-refractivity contribution in [3.8, 4) is 0 Å². The molecule has 3 nitrogen and oxygen atoms in total. The van der Waals surface area contributed by atoms with E-state index in [2.05, 4.69) is 0 Å². The Kier molecular flexibility index (Phi) is 4.47. The highest BCUT2D eigenvalue weighted by Gasteiger charge is 2.22. The molecule has 0 N–H and O–H groups in total. The van der Waals surface area contributed by atoms with Crippen molar-refractivity contribution in [1.82, 2.24) is 0 Å². The highest BCUT2D eigenvalue weighted by Crippen LogP contribution is 2.28. The van der Waals surface area contributed by atoms with Gasteiger partial charge in [0, 0.05) is 5.02 Å². The summed E-state index contributed by atoms with van der Waals surface area (Å²) in [5.74, 6) is -0.673. The Hall–Kier alpha value is -2.11. The zero-order valence-electron chi connectivity index (χ0n) is 12.9. The van der Waals surface area contributed by atoms with Gasteiger partial charge < -0.3 is 0 Å². The van der Waals surface area contributed by atoms with Gasteiger partial charge in [-0.2, -0.15) is 0 Å². The Balaban J connectivity index is 2.11. The SMILES string of the molecule is CS(=O)(=O)N(Cc1cccc2ccccc12)c1ccc(Cl)cc1F. The number of sulfonamides is 1. The fraction of sp³-hybridized carbons (Fsp3) is 0.111. The molecule has 6 heteroatoms. The van der Waals surface area contributed by atoms with E-state index in [0.717, 1.165) is 33.0 Å². The van der Waals surface area contributed by atoms with E-state index in [1.807, 2.05) is 42.5 Å². The van der Waals surface area contributed by atoms with Crippen molar-refractivity contribution in [1.29, 1.82) is 0 Å². The van der Waals surface area contributed by atoms with Gasteiger partial charge in [0.2, 0.25) is 10.0 Å². The van der Waals surface area contributed by atoms with Crippen molar-refractivity contribution in [2.45, 2.75) is 6.54 Å². The number of benzene rings is 3. The third kappa shape index (κ3) is 3.37. The maximum absolute atomic E-state index is 14.3. The Morgan fingerprint density at radius 1 is 1.04 bits per heavy atom. The molecule has 0 unspecified atom stereocenters. The lowest BCUT2D eigenvalue weighted by Crippen LogP contribution is -2.30. The number of hydrogen-bond acceptors (Lipinski definition) is 2. The standard InChI is InChI=1S/C18H15ClFNO2S/c1-24(22,23)21(18-10-9-15(19)11-17(18)20)12-14-7-4-6-13-5-2-3-8-16(13)14/h2-11H,12H2,1H3. The molecule has 0 aliphatic carbocycles. The molecule has 0 saturated heterocycles. The molecule has 24 heavy (non-hydrogen) atoms. The lowest BCUT2D eigenvalue weighted by Gasteiger charge is -2.23. The average Bonchev–Trinajstić information content (AvgIpc) is 2.52. The third-order valence-electron chi connectivity index (χ3n) is 3.77. The quantitative estimate of drug-likeness (QED) is 0.679. The Bertz CT molecular complexity index is 1000. The molecule has 124 valence electrons. The summed E-state index contributed by atoms with van der Waals surface area (Å²) in [6, 6.07) is 17.3. The van der Waals surface area contributed by atoms with E-state index >= 15 is 0 Å². The summed E-state index contributed by atoms with van der Waals surface area (Å²) in [5.41, 5.74) is 0.780. The van der Waals surface area contributed by atoms with Crippen LogP contribution in [0.5, 0.6) is 0 Å². The number of nitrogens with zero attached hydrogens (tertiary/aromatic N) is 1. The Morgan fingerprint density at radius 3 is 2.46 bits per heavy atom. The van der Waals surface area contributed by atoms with Crippen molar-refractivity contribution in [3.63, 3.8) is 0 Å². The summed E-state index contributed by atoms with van der Waals surface area (Å²) >= 11 is 5.77. The summed E-state index contributed by atoms with van der Waals surface area (Å²) in [6.45, 7) is 0.0404. The molecule has 0 heterocycles. The summed E-state index contributed by atoms with van der Waals surface area (Å²) < 4.78 is 39.8. The Morgan fingerprint density at radius 2 is 1.75 bits per heavy atom. The van der Waals surface area contributed by atoms with Gasteiger partial charge in [-0.1, -0.05) is 54.1 Å². The van der Waals surface area contributed by atoms with Crippen LogP contribution < -0.4 is 4.31 Å². The zero-order valence-corrected chi connectivity index (χ0v) is 14.5. The maximum atomic E-state index is 14.3. The first-order chi connectivity index (χ1) is 11.4. The zero-order chi connectivity index (χ0) is 17.3. The van der Waals surface area contributed by atoms with Gasteiger partial charge in [0.15, 0.2) is 0 Å². The van der Waals surface area contributed by atoms with E-state index in [9.17, 15) is 12.8 Å². The first-order valence-corrected chi connectivity index (χ1v) is 9.48. The minimum atomic E-state index is -3.67. The monoisotopic (exact) mass is 363 g/mol. The van der Waals surface area contributed by atoms with Crippen molar-refractivity contribution < 1.29 is 12.8 Å². The number of rotatable bonds is 4. The highest BCUT2D eigenvalue weighted by molar-refractivity contribution is 7.92. The van der Waals surface area contributed by atoms with Gasteiger partial charge in [0.25, 0.3) is 0 Å². The summed E-state index contributed by atoms with van der Waals surface area (Å²) in [4.78, 5) is 0. The lowest BCUT2D eigenvalue weighted by atomic mass is 10.0. The van der Waals surface area contributed by atoms with Crippen LogP contribution >= 0.6 is 11.6 Å². The fourth-order valence-electron chi connectivity index (χ4n) is 2.65. The van der Waals surface area contributed by atoms with E-state index in [1.165, 1.54) is 12.1 Å². The van der Waals surface area contributed by atoms with Crippen LogP contribution in [0.1, 0.15) is 5.56 Å². The molecule has 3 aromatic rings. The maximum Gasteiger partial charge on any atom is 0.232 e. The third-order valence-corrected chi connectivity index (χ3v) is 5.13. The summed E-state index contributed by atoms with van der Waals surface area (Å²) in [5, 5.41) is 2.15. The van der Waals surface area contributed by atoms with Crippen molar-refractivity contribution >= 4 is 38.1 Å².